The highest BCUT2D eigenvalue weighted by Gasteiger charge is 2.16. The van der Waals surface area contributed by atoms with Gasteiger partial charge in [0, 0.05) is 0 Å². The van der Waals surface area contributed by atoms with Crippen LogP contribution >= 0.6 is 0 Å². The zero-order valence-corrected chi connectivity index (χ0v) is 17.2. The minimum Gasteiger partial charge on any atom is -0.493 e. The molecule has 0 aliphatic rings. The van der Waals surface area contributed by atoms with Crippen molar-refractivity contribution in [3.05, 3.63) is 53.6 Å². The summed E-state index contributed by atoms with van der Waals surface area (Å²) in [4.78, 5) is 15.7. The zero-order chi connectivity index (χ0) is 21.5. The lowest BCUT2D eigenvalue weighted by Crippen LogP contribution is -2.21. The number of benzene rings is 1. The summed E-state index contributed by atoms with van der Waals surface area (Å²) in [7, 11) is 2.83. The molecule has 0 spiro atoms. The van der Waals surface area contributed by atoms with Crippen molar-refractivity contribution >= 4 is 5.97 Å². The van der Waals surface area contributed by atoms with Crippen LogP contribution in [0.2, 0.25) is 0 Å². The van der Waals surface area contributed by atoms with Crippen LogP contribution < -0.4 is 9.47 Å². The Morgan fingerprint density at radius 2 is 2.07 bits per heavy atom. The first-order valence-electron chi connectivity index (χ1n) is 9.57. The summed E-state index contributed by atoms with van der Waals surface area (Å²) in [5.74, 6) is 2.18. The molecule has 160 valence electrons. The van der Waals surface area contributed by atoms with E-state index in [-0.39, 0.29) is 6.61 Å². The third-order valence-corrected chi connectivity index (χ3v) is 4.63. The maximum Gasteiger partial charge on any atom is 0.334 e. The van der Waals surface area contributed by atoms with E-state index in [2.05, 4.69) is 9.72 Å². The van der Waals surface area contributed by atoms with Crippen LogP contribution in [0.3, 0.4) is 0 Å². The average Bonchev–Trinajstić information content (AvgIpc) is 3.41. The van der Waals surface area contributed by atoms with Crippen LogP contribution in [0, 0.1) is 6.92 Å². The van der Waals surface area contributed by atoms with Crippen LogP contribution in [0.4, 0.5) is 0 Å². The lowest BCUT2D eigenvalue weighted by atomic mass is 10.1. The second kappa shape index (κ2) is 9.98. The van der Waals surface area contributed by atoms with Gasteiger partial charge in [0.05, 0.1) is 20.5 Å². The molecule has 8 nitrogen and oxygen atoms in total. The zero-order valence-electron chi connectivity index (χ0n) is 17.2. The first-order chi connectivity index (χ1) is 14.5. The van der Waals surface area contributed by atoms with Crippen molar-refractivity contribution in [2.75, 3.05) is 14.2 Å². The molecule has 0 aliphatic carbocycles. The van der Waals surface area contributed by atoms with Gasteiger partial charge >= 0.3 is 5.97 Å². The molecule has 1 aromatic carbocycles. The van der Waals surface area contributed by atoms with Gasteiger partial charge in [0.15, 0.2) is 23.4 Å². The molecule has 30 heavy (non-hydrogen) atoms. The van der Waals surface area contributed by atoms with E-state index in [1.54, 1.807) is 25.5 Å². The first-order valence-corrected chi connectivity index (χ1v) is 9.57. The minimum atomic E-state index is -1.10. The van der Waals surface area contributed by atoms with Gasteiger partial charge in [-0.3, -0.25) is 0 Å². The van der Waals surface area contributed by atoms with Crippen molar-refractivity contribution in [1.29, 1.82) is 0 Å². The lowest BCUT2D eigenvalue weighted by molar-refractivity contribution is -0.150. The van der Waals surface area contributed by atoms with Gasteiger partial charge in [-0.25, -0.2) is 9.78 Å². The van der Waals surface area contributed by atoms with Crippen LogP contribution in [0.5, 0.6) is 11.5 Å². The van der Waals surface area contributed by atoms with Crippen LogP contribution in [0.15, 0.2) is 45.4 Å². The molecule has 1 atom stereocenters. The molecule has 2 heterocycles. The summed E-state index contributed by atoms with van der Waals surface area (Å²) in [6, 6.07) is 9.18. The predicted molar refractivity (Wildman–Crippen MR) is 107 cm³/mol. The van der Waals surface area contributed by atoms with E-state index in [0.717, 1.165) is 5.56 Å². The standard InChI is InChI=1S/C22H25NO7/c1-14-16(23-21(30-14)19-8-5-11-28-19)13-29-18-10-9-15(12-20(18)26-2)6-4-7-17(24)22(25)27-3/h5,8-12,17,24H,4,6-7,13H2,1-3H3/t17-/m1/s1. The molecule has 0 saturated heterocycles. The predicted octanol–water partition coefficient (Wildman–Crippen LogP) is 3.69. The van der Waals surface area contributed by atoms with Gasteiger partial charge in [-0.15, -0.1) is 0 Å². The second-order valence-electron chi connectivity index (χ2n) is 6.70. The number of nitrogens with zero attached hydrogens (tertiary/aromatic N) is 1. The van der Waals surface area contributed by atoms with Crippen molar-refractivity contribution in [3.63, 3.8) is 0 Å². The Morgan fingerprint density at radius 1 is 1.23 bits per heavy atom. The molecule has 3 aromatic rings. The number of ether oxygens (including phenoxy) is 3. The first kappa shape index (κ1) is 21.4. The fraction of sp³-hybridized carbons (Fsp3) is 0.364. The highest BCUT2D eigenvalue weighted by Crippen LogP contribution is 2.30. The smallest absolute Gasteiger partial charge is 0.334 e. The molecular weight excluding hydrogens is 390 g/mol. The number of esters is 1. The third kappa shape index (κ3) is 5.21. The number of hydrogen-bond donors (Lipinski definition) is 1. The summed E-state index contributed by atoms with van der Waals surface area (Å²) < 4.78 is 26.8. The molecule has 2 aromatic heterocycles. The number of aryl methyl sites for hydroxylation is 2. The van der Waals surface area contributed by atoms with E-state index < -0.39 is 12.1 Å². The van der Waals surface area contributed by atoms with Crippen LogP contribution in [-0.2, 0) is 22.6 Å². The highest BCUT2D eigenvalue weighted by molar-refractivity contribution is 5.74. The number of carbonyl (C=O) groups is 1. The number of oxazole rings is 1. The summed E-state index contributed by atoms with van der Waals surface area (Å²) in [6.07, 6.45) is 2.10. The summed E-state index contributed by atoms with van der Waals surface area (Å²) in [5.41, 5.74) is 1.68. The molecule has 0 amide bonds. The monoisotopic (exact) mass is 415 g/mol. The van der Waals surface area contributed by atoms with Crippen molar-refractivity contribution in [1.82, 2.24) is 4.98 Å². The molecular formula is C22H25NO7. The maximum atomic E-state index is 11.3. The summed E-state index contributed by atoms with van der Waals surface area (Å²) in [5, 5.41) is 9.66. The van der Waals surface area contributed by atoms with Crippen LogP contribution in [0.1, 0.15) is 29.9 Å². The SMILES string of the molecule is COC(=O)[C@H](O)CCCc1ccc(OCc2nc(-c3ccco3)oc2C)c(OC)c1. The van der Waals surface area contributed by atoms with E-state index in [0.29, 0.717) is 53.9 Å². The van der Waals surface area contributed by atoms with Gasteiger partial charge in [-0.2, -0.15) is 0 Å². The fourth-order valence-electron chi connectivity index (χ4n) is 2.95. The minimum absolute atomic E-state index is 0.219. The van der Waals surface area contributed by atoms with Crippen molar-refractivity contribution in [2.45, 2.75) is 38.9 Å². The van der Waals surface area contributed by atoms with Crippen LogP contribution in [0.25, 0.3) is 11.7 Å². The summed E-state index contributed by atoms with van der Waals surface area (Å²) in [6.45, 7) is 2.04. The van der Waals surface area contributed by atoms with Gasteiger partial charge in [0.25, 0.3) is 5.89 Å². The number of aliphatic hydroxyl groups is 1. The Labute approximate surface area is 174 Å². The van der Waals surface area contributed by atoms with Crippen LogP contribution in [-0.4, -0.2) is 36.4 Å². The highest BCUT2D eigenvalue weighted by atomic mass is 16.5. The number of furan rings is 1. The maximum absolute atomic E-state index is 11.3. The number of carbonyl (C=O) groups excluding carboxylic acids is 1. The second-order valence-corrected chi connectivity index (χ2v) is 6.70. The Bertz CT molecular complexity index is 962. The molecule has 8 heteroatoms. The molecule has 3 rings (SSSR count). The van der Waals surface area contributed by atoms with E-state index in [1.165, 1.54) is 7.11 Å². The third-order valence-electron chi connectivity index (χ3n) is 4.63. The Balaban J connectivity index is 1.60. The van der Waals surface area contributed by atoms with Crippen molar-refractivity contribution < 1.29 is 32.9 Å². The average molecular weight is 415 g/mol. The molecule has 0 fully saturated rings. The van der Waals surface area contributed by atoms with E-state index in [4.69, 9.17) is 18.3 Å². The number of methoxy groups -OCH3 is 2. The van der Waals surface area contributed by atoms with Gasteiger partial charge in [-0.1, -0.05) is 6.07 Å². The van der Waals surface area contributed by atoms with Gasteiger partial charge < -0.3 is 28.2 Å². The number of aliphatic hydroxyl groups excluding tert-OH is 1. The molecule has 0 saturated carbocycles. The van der Waals surface area contributed by atoms with Crippen molar-refractivity contribution in [2.24, 2.45) is 0 Å². The molecule has 0 bridgehead atoms. The fourth-order valence-corrected chi connectivity index (χ4v) is 2.95. The van der Waals surface area contributed by atoms with Gasteiger partial charge in [0.1, 0.15) is 18.1 Å². The van der Waals surface area contributed by atoms with Gasteiger partial charge in [-0.05, 0) is 56.0 Å². The Kier molecular flexibility index (Phi) is 7.13. The Morgan fingerprint density at radius 3 is 2.77 bits per heavy atom. The quantitative estimate of drug-likeness (QED) is 0.500. The topological polar surface area (TPSA) is 104 Å². The summed E-state index contributed by atoms with van der Waals surface area (Å²) >= 11 is 0. The molecule has 0 aliphatic heterocycles. The molecule has 1 N–H and O–H groups in total. The van der Waals surface area contributed by atoms with E-state index >= 15 is 0 Å². The van der Waals surface area contributed by atoms with E-state index in [9.17, 15) is 9.90 Å². The Hall–Kier alpha value is -3.26. The van der Waals surface area contributed by atoms with E-state index in [1.807, 2.05) is 25.1 Å². The number of rotatable bonds is 10. The largest absolute Gasteiger partial charge is 0.493 e. The lowest BCUT2D eigenvalue weighted by Gasteiger charge is -2.12. The number of aromatic nitrogens is 1. The molecule has 0 unspecified atom stereocenters. The van der Waals surface area contributed by atoms with Gasteiger partial charge in [0.2, 0.25) is 0 Å². The normalized spacial score (nSPS) is 11.9. The van der Waals surface area contributed by atoms with Crippen molar-refractivity contribution in [3.8, 4) is 23.1 Å². The number of hydrogen-bond acceptors (Lipinski definition) is 8. The molecule has 0 radical (unpaired) electrons.